The Morgan fingerprint density at radius 3 is 2.50 bits per heavy atom. The van der Waals surface area contributed by atoms with Gasteiger partial charge in [0, 0.05) is 12.6 Å². The maximum absolute atomic E-state index is 3.57. The van der Waals surface area contributed by atoms with Crippen molar-refractivity contribution in [2.24, 2.45) is 17.8 Å². The lowest BCUT2D eigenvalue weighted by Crippen LogP contribution is -2.49. The zero-order valence-electron chi connectivity index (χ0n) is 11.2. The SMILES string of the molecule is CCCNCC1CCC1N(C)CC1CC1C. The molecule has 2 heteroatoms. The van der Waals surface area contributed by atoms with E-state index in [1.807, 2.05) is 0 Å². The Kier molecular flexibility index (Phi) is 4.26. The molecule has 2 aliphatic carbocycles. The zero-order valence-corrected chi connectivity index (χ0v) is 11.2. The van der Waals surface area contributed by atoms with Crippen LogP contribution in [0.1, 0.15) is 39.5 Å². The summed E-state index contributed by atoms with van der Waals surface area (Å²) in [5, 5.41) is 3.57. The summed E-state index contributed by atoms with van der Waals surface area (Å²) in [5.41, 5.74) is 0. The van der Waals surface area contributed by atoms with Gasteiger partial charge in [0.25, 0.3) is 0 Å². The maximum atomic E-state index is 3.57. The van der Waals surface area contributed by atoms with E-state index in [0.29, 0.717) is 0 Å². The monoisotopic (exact) mass is 224 g/mol. The van der Waals surface area contributed by atoms with Crippen LogP contribution in [-0.4, -0.2) is 37.6 Å². The summed E-state index contributed by atoms with van der Waals surface area (Å²) in [6.45, 7) is 8.40. The molecule has 0 aliphatic heterocycles. The first kappa shape index (κ1) is 12.4. The van der Waals surface area contributed by atoms with Crippen LogP contribution in [0, 0.1) is 17.8 Å². The number of rotatable bonds is 7. The van der Waals surface area contributed by atoms with Crippen molar-refractivity contribution in [3.8, 4) is 0 Å². The number of hydrogen-bond donors (Lipinski definition) is 1. The fourth-order valence-corrected chi connectivity index (χ4v) is 2.99. The van der Waals surface area contributed by atoms with E-state index in [0.717, 1.165) is 23.8 Å². The first-order chi connectivity index (χ1) is 7.72. The Balaban J connectivity index is 1.64. The highest BCUT2D eigenvalue weighted by molar-refractivity contribution is 4.92. The molecule has 0 radical (unpaired) electrons. The average Bonchev–Trinajstić information content (AvgIpc) is 2.87. The van der Waals surface area contributed by atoms with Crippen molar-refractivity contribution in [1.29, 1.82) is 0 Å². The summed E-state index contributed by atoms with van der Waals surface area (Å²) in [4.78, 5) is 2.63. The Morgan fingerprint density at radius 2 is 2.00 bits per heavy atom. The molecule has 2 aliphatic rings. The van der Waals surface area contributed by atoms with Crippen molar-refractivity contribution in [2.75, 3.05) is 26.7 Å². The summed E-state index contributed by atoms with van der Waals surface area (Å²) in [5.74, 6) is 2.93. The second-order valence-corrected chi connectivity index (χ2v) is 6.02. The van der Waals surface area contributed by atoms with Crippen LogP contribution >= 0.6 is 0 Å². The topological polar surface area (TPSA) is 15.3 Å². The van der Waals surface area contributed by atoms with Gasteiger partial charge in [-0.15, -0.1) is 0 Å². The van der Waals surface area contributed by atoms with Crippen LogP contribution in [0.3, 0.4) is 0 Å². The van der Waals surface area contributed by atoms with Crippen LogP contribution in [0.4, 0.5) is 0 Å². The van der Waals surface area contributed by atoms with Crippen molar-refractivity contribution >= 4 is 0 Å². The van der Waals surface area contributed by atoms with Gasteiger partial charge in [0.1, 0.15) is 0 Å². The molecule has 2 nitrogen and oxygen atoms in total. The number of nitrogens with one attached hydrogen (secondary N) is 1. The van der Waals surface area contributed by atoms with Gasteiger partial charge >= 0.3 is 0 Å². The Bertz CT molecular complexity index is 217. The fraction of sp³-hybridized carbons (Fsp3) is 1.00. The average molecular weight is 224 g/mol. The van der Waals surface area contributed by atoms with E-state index >= 15 is 0 Å². The predicted octanol–water partition coefficient (Wildman–Crippen LogP) is 2.35. The quantitative estimate of drug-likeness (QED) is 0.668. The van der Waals surface area contributed by atoms with E-state index in [1.165, 1.54) is 45.3 Å². The lowest BCUT2D eigenvalue weighted by atomic mass is 9.78. The highest BCUT2D eigenvalue weighted by atomic mass is 15.2. The third kappa shape index (κ3) is 2.98. The van der Waals surface area contributed by atoms with Crippen LogP contribution in [-0.2, 0) is 0 Å². The van der Waals surface area contributed by atoms with E-state index in [4.69, 9.17) is 0 Å². The second-order valence-electron chi connectivity index (χ2n) is 6.02. The fourth-order valence-electron chi connectivity index (χ4n) is 2.99. The minimum atomic E-state index is 0.872. The summed E-state index contributed by atoms with van der Waals surface area (Å²) < 4.78 is 0. The van der Waals surface area contributed by atoms with Gasteiger partial charge in [0.05, 0.1) is 0 Å². The van der Waals surface area contributed by atoms with Crippen LogP contribution in [0.5, 0.6) is 0 Å². The van der Waals surface area contributed by atoms with Gasteiger partial charge in [0.15, 0.2) is 0 Å². The van der Waals surface area contributed by atoms with E-state index < -0.39 is 0 Å². The Hall–Kier alpha value is -0.0800. The van der Waals surface area contributed by atoms with Crippen LogP contribution in [0.2, 0.25) is 0 Å². The van der Waals surface area contributed by atoms with Gasteiger partial charge < -0.3 is 10.2 Å². The molecule has 1 N–H and O–H groups in total. The smallest absolute Gasteiger partial charge is 0.0133 e. The van der Waals surface area contributed by atoms with Crippen LogP contribution in [0.25, 0.3) is 0 Å². The minimum absolute atomic E-state index is 0.872. The molecule has 4 atom stereocenters. The lowest BCUT2D eigenvalue weighted by Gasteiger charge is -2.43. The highest BCUT2D eigenvalue weighted by Crippen LogP contribution is 2.40. The first-order valence-electron chi connectivity index (χ1n) is 7.13. The van der Waals surface area contributed by atoms with Gasteiger partial charge in [-0.3, -0.25) is 0 Å². The summed E-state index contributed by atoms with van der Waals surface area (Å²) in [6, 6.07) is 0.872. The molecule has 94 valence electrons. The van der Waals surface area contributed by atoms with Gasteiger partial charge in [-0.1, -0.05) is 13.8 Å². The molecule has 4 unspecified atom stereocenters. The van der Waals surface area contributed by atoms with Crippen molar-refractivity contribution in [2.45, 2.75) is 45.6 Å². The van der Waals surface area contributed by atoms with Crippen molar-refractivity contribution in [3.05, 3.63) is 0 Å². The largest absolute Gasteiger partial charge is 0.316 e. The van der Waals surface area contributed by atoms with Crippen molar-refractivity contribution in [1.82, 2.24) is 10.2 Å². The highest BCUT2D eigenvalue weighted by Gasteiger charge is 2.38. The standard InChI is InChI=1S/C14H28N2/c1-4-7-15-9-12-5-6-14(12)16(3)10-13-8-11(13)2/h11-15H,4-10H2,1-3H3. The van der Waals surface area contributed by atoms with Crippen molar-refractivity contribution < 1.29 is 0 Å². The Morgan fingerprint density at radius 1 is 1.25 bits per heavy atom. The van der Waals surface area contributed by atoms with Gasteiger partial charge in [-0.05, 0) is 63.6 Å². The molecule has 0 bridgehead atoms. The summed E-state index contributed by atoms with van der Waals surface area (Å²) in [6.07, 6.45) is 5.59. The molecular weight excluding hydrogens is 196 g/mol. The normalized spacial score (nSPS) is 37.5. The number of hydrogen-bond acceptors (Lipinski definition) is 2. The number of nitrogens with zero attached hydrogens (tertiary/aromatic N) is 1. The second kappa shape index (κ2) is 5.50. The van der Waals surface area contributed by atoms with Gasteiger partial charge in [0.2, 0.25) is 0 Å². The van der Waals surface area contributed by atoms with Crippen molar-refractivity contribution in [3.63, 3.8) is 0 Å². The third-order valence-electron chi connectivity index (χ3n) is 4.58. The van der Waals surface area contributed by atoms with E-state index in [9.17, 15) is 0 Å². The van der Waals surface area contributed by atoms with Crippen LogP contribution in [0.15, 0.2) is 0 Å². The molecular formula is C14H28N2. The van der Waals surface area contributed by atoms with Gasteiger partial charge in [-0.25, -0.2) is 0 Å². The molecule has 0 aromatic carbocycles. The summed E-state index contributed by atoms with van der Waals surface area (Å²) >= 11 is 0. The molecule has 0 saturated heterocycles. The molecule has 2 rings (SSSR count). The third-order valence-corrected chi connectivity index (χ3v) is 4.58. The minimum Gasteiger partial charge on any atom is -0.316 e. The Labute approximate surface area is 101 Å². The molecule has 0 aromatic heterocycles. The maximum Gasteiger partial charge on any atom is 0.0133 e. The van der Waals surface area contributed by atoms with E-state index in [-0.39, 0.29) is 0 Å². The molecule has 16 heavy (non-hydrogen) atoms. The predicted molar refractivity (Wildman–Crippen MR) is 69.6 cm³/mol. The molecule has 2 saturated carbocycles. The van der Waals surface area contributed by atoms with Crippen LogP contribution < -0.4 is 5.32 Å². The van der Waals surface area contributed by atoms with E-state index in [2.05, 4.69) is 31.1 Å². The molecule has 0 amide bonds. The summed E-state index contributed by atoms with van der Waals surface area (Å²) in [7, 11) is 2.34. The lowest BCUT2D eigenvalue weighted by molar-refractivity contribution is 0.0792. The first-order valence-corrected chi connectivity index (χ1v) is 7.13. The van der Waals surface area contributed by atoms with E-state index in [1.54, 1.807) is 0 Å². The zero-order chi connectivity index (χ0) is 11.5. The molecule has 0 heterocycles. The molecule has 0 aromatic rings. The molecule has 0 spiro atoms. The van der Waals surface area contributed by atoms with Gasteiger partial charge in [-0.2, -0.15) is 0 Å². The molecule has 2 fully saturated rings.